The second kappa shape index (κ2) is 4.96. The van der Waals surface area contributed by atoms with Crippen molar-refractivity contribution in [2.24, 2.45) is 35.0 Å². The van der Waals surface area contributed by atoms with Crippen LogP contribution in [0.5, 0.6) is 0 Å². The van der Waals surface area contributed by atoms with Crippen molar-refractivity contribution in [3.05, 3.63) is 0 Å². The smallest absolute Gasteiger partial charge is 0.145 e. The number of hydrogen-bond acceptors (Lipinski definition) is 2. The Morgan fingerprint density at radius 2 is 1.40 bits per heavy atom. The van der Waals surface area contributed by atoms with Gasteiger partial charge in [0.2, 0.25) is 0 Å². The standard InChI is InChI=1S/C18H28O2/c1-18(2,3)17(20)10-15(19)9-16-13-5-11-4-12(7-13)8-14(16)6-11/h11-14,16H,4-10H2,1-3H3. The number of Topliss-reactive ketones (excluding diaryl/α,β-unsaturated/α-hetero) is 2. The van der Waals surface area contributed by atoms with E-state index in [0.717, 1.165) is 23.7 Å². The summed E-state index contributed by atoms with van der Waals surface area (Å²) in [7, 11) is 0. The van der Waals surface area contributed by atoms with E-state index in [-0.39, 0.29) is 23.4 Å². The van der Waals surface area contributed by atoms with Crippen LogP contribution in [-0.4, -0.2) is 11.6 Å². The Morgan fingerprint density at radius 3 is 1.85 bits per heavy atom. The summed E-state index contributed by atoms with van der Waals surface area (Å²) in [6.45, 7) is 5.72. The molecule has 0 amide bonds. The van der Waals surface area contributed by atoms with E-state index in [1.807, 2.05) is 20.8 Å². The van der Waals surface area contributed by atoms with E-state index in [1.54, 1.807) is 0 Å². The van der Waals surface area contributed by atoms with Crippen molar-refractivity contribution in [3.8, 4) is 0 Å². The van der Waals surface area contributed by atoms with Gasteiger partial charge in [0.15, 0.2) is 0 Å². The molecule has 4 bridgehead atoms. The minimum absolute atomic E-state index is 0.103. The van der Waals surface area contributed by atoms with Crippen LogP contribution in [0, 0.1) is 35.0 Å². The second-order valence-corrected chi connectivity index (χ2v) is 8.69. The monoisotopic (exact) mass is 276 g/mol. The van der Waals surface area contributed by atoms with Gasteiger partial charge < -0.3 is 0 Å². The molecule has 0 atom stereocenters. The Hall–Kier alpha value is -0.660. The first-order valence-corrected chi connectivity index (χ1v) is 8.38. The van der Waals surface area contributed by atoms with Gasteiger partial charge in [-0.15, -0.1) is 0 Å². The third kappa shape index (κ3) is 2.71. The Labute approximate surface area is 122 Å². The number of carbonyl (C=O) groups excluding carboxylic acids is 2. The van der Waals surface area contributed by atoms with Crippen LogP contribution in [-0.2, 0) is 9.59 Å². The molecular formula is C18H28O2. The summed E-state index contributed by atoms with van der Waals surface area (Å²) in [5.41, 5.74) is -0.375. The highest BCUT2D eigenvalue weighted by molar-refractivity contribution is 6.01. The summed E-state index contributed by atoms with van der Waals surface area (Å²) in [5, 5.41) is 0. The Balaban J connectivity index is 1.58. The normalized spacial score (nSPS) is 39.0. The lowest BCUT2D eigenvalue weighted by atomic mass is 9.51. The van der Waals surface area contributed by atoms with Crippen LogP contribution in [0.2, 0.25) is 0 Å². The summed E-state index contributed by atoms with van der Waals surface area (Å²) in [5.74, 6) is 4.40. The molecule has 0 spiro atoms. The highest BCUT2D eigenvalue weighted by Crippen LogP contribution is 2.57. The molecule has 0 N–H and O–H groups in total. The lowest BCUT2D eigenvalue weighted by Gasteiger charge is -2.54. The first kappa shape index (κ1) is 14.3. The summed E-state index contributed by atoms with van der Waals surface area (Å²) in [4.78, 5) is 24.3. The van der Waals surface area contributed by atoms with Gasteiger partial charge in [-0.1, -0.05) is 20.8 Å². The molecule has 0 saturated heterocycles. The summed E-state index contributed by atoms with van der Waals surface area (Å²) in [6, 6.07) is 0. The number of ketones is 2. The Kier molecular flexibility index (Phi) is 3.54. The van der Waals surface area contributed by atoms with Gasteiger partial charge in [-0.25, -0.2) is 0 Å². The van der Waals surface area contributed by atoms with Crippen molar-refractivity contribution in [2.45, 2.75) is 65.7 Å². The molecule has 0 aromatic heterocycles. The largest absolute Gasteiger partial charge is 0.299 e. The lowest BCUT2D eigenvalue weighted by Crippen LogP contribution is -2.45. The van der Waals surface area contributed by atoms with Crippen LogP contribution in [0.1, 0.15) is 65.7 Å². The van der Waals surface area contributed by atoms with Crippen LogP contribution < -0.4 is 0 Å². The maximum absolute atomic E-state index is 12.3. The minimum Gasteiger partial charge on any atom is -0.299 e. The van der Waals surface area contributed by atoms with E-state index < -0.39 is 0 Å². The molecule has 4 aliphatic carbocycles. The highest BCUT2D eigenvalue weighted by Gasteiger charge is 2.48. The van der Waals surface area contributed by atoms with Crippen molar-refractivity contribution < 1.29 is 9.59 Å². The molecule has 4 aliphatic rings. The summed E-state index contributed by atoms with van der Waals surface area (Å²) >= 11 is 0. The SMILES string of the molecule is CC(C)(C)C(=O)CC(=O)CC1C2CC3CC(C2)CC1C3. The van der Waals surface area contributed by atoms with E-state index >= 15 is 0 Å². The molecule has 4 saturated carbocycles. The molecular weight excluding hydrogens is 248 g/mol. The summed E-state index contributed by atoms with van der Waals surface area (Å²) in [6.07, 6.45) is 7.73. The lowest BCUT2D eigenvalue weighted by molar-refractivity contribution is -0.133. The number of hydrogen-bond donors (Lipinski definition) is 0. The first-order valence-electron chi connectivity index (χ1n) is 8.38. The predicted molar refractivity (Wildman–Crippen MR) is 79.2 cm³/mol. The van der Waals surface area contributed by atoms with Gasteiger partial charge in [-0.05, 0) is 61.7 Å². The van der Waals surface area contributed by atoms with Crippen molar-refractivity contribution in [3.63, 3.8) is 0 Å². The zero-order valence-corrected chi connectivity index (χ0v) is 13.2. The van der Waals surface area contributed by atoms with Gasteiger partial charge in [0.05, 0.1) is 6.42 Å². The van der Waals surface area contributed by atoms with Crippen molar-refractivity contribution in [1.29, 1.82) is 0 Å². The molecule has 20 heavy (non-hydrogen) atoms. The average molecular weight is 276 g/mol. The summed E-state index contributed by atoms with van der Waals surface area (Å²) < 4.78 is 0. The van der Waals surface area contributed by atoms with Gasteiger partial charge in [-0.2, -0.15) is 0 Å². The first-order chi connectivity index (χ1) is 9.33. The Bertz CT molecular complexity index is 388. The molecule has 0 unspecified atom stereocenters. The molecule has 0 radical (unpaired) electrons. The minimum atomic E-state index is -0.375. The fourth-order valence-electron chi connectivity index (χ4n) is 5.15. The topological polar surface area (TPSA) is 34.1 Å². The molecule has 0 aromatic rings. The molecule has 2 heteroatoms. The van der Waals surface area contributed by atoms with Crippen LogP contribution in [0.4, 0.5) is 0 Å². The van der Waals surface area contributed by atoms with Crippen molar-refractivity contribution in [1.82, 2.24) is 0 Å². The highest BCUT2D eigenvalue weighted by atomic mass is 16.1. The van der Waals surface area contributed by atoms with Crippen molar-refractivity contribution in [2.75, 3.05) is 0 Å². The van der Waals surface area contributed by atoms with E-state index in [9.17, 15) is 9.59 Å². The fraction of sp³-hybridized carbons (Fsp3) is 0.889. The van der Waals surface area contributed by atoms with Crippen LogP contribution in [0.15, 0.2) is 0 Å². The zero-order valence-electron chi connectivity index (χ0n) is 13.2. The average Bonchev–Trinajstić information content (AvgIpc) is 2.31. The van der Waals surface area contributed by atoms with E-state index in [4.69, 9.17) is 0 Å². The predicted octanol–water partition coefficient (Wildman–Crippen LogP) is 4.02. The van der Waals surface area contributed by atoms with Gasteiger partial charge in [0.1, 0.15) is 11.6 Å². The molecule has 0 aliphatic heterocycles. The van der Waals surface area contributed by atoms with Gasteiger partial charge in [-0.3, -0.25) is 9.59 Å². The van der Waals surface area contributed by atoms with E-state index in [2.05, 4.69) is 0 Å². The number of carbonyl (C=O) groups is 2. The van der Waals surface area contributed by atoms with E-state index in [1.165, 1.54) is 32.1 Å². The van der Waals surface area contributed by atoms with Crippen molar-refractivity contribution >= 4 is 11.6 Å². The maximum atomic E-state index is 12.3. The van der Waals surface area contributed by atoms with Gasteiger partial charge in [0.25, 0.3) is 0 Å². The quantitative estimate of drug-likeness (QED) is 0.727. The third-order valence-corrected chi connectivity index (χ3v) is 6.08. The Morgan fingerprint density at radius 1 is 0.900 bits per heavy atom. The van der Waals surface area contributed by atoms with Gasteiger partial charge >= 0.3 is 0 Å². The molecule has 4 rings (SSSR count). The van der Waals surface area contributed by atoms with Gasteiger partial charge in [0, 0.05) is 11.8 Å². The maximum Gasteiger partial charge on any atom is 0.145 e. The number of rotatable bonds is 4. The van der Waals surface area contributed by atoms with Crippen LogP contribution in [0.3, 0.4) is 0 Å². The molecule has 4 fully saturated rings. The molecule has 0 heterocycles. The van der Waals surface area contributed by atoms with E-state index in [0.29, 0.717) is 12.3 Å². The third-order valence-electron chi connectivity index (χ3n) is 6.08. The molecule has 112 valence electrons. The fourth-order valence-corrected chi connectivity index (χ4v) is 5.15. The zero-order chi connectivity index (χ0) is 14.5. The van der Waals surface area contributed by atoms with Crippen LogP contribution in [0.25, 0.3) is 0 Å². The molecule has 0 aromatic carbocycles. The molecule has 2 nitrogen and oxygen atoms in total. The second-order valence-electron chi connectivity index (χ2n) is 8.69. The van der Waals surface area contributed by atoms with Crippen LogP contribution >= 0.6 is 0 Å².